The summed E-state index contributed by atoms with van der Waals surface area (Å²) in [6.45, 7) is 1.90. The maximum atomic E-state index is 12.5. The highest BCUT2D eigenvalue weighted by atomic mass is 79.9. The highest BCUT2D eigenvalue weighted by molar-refractivity contribution is 9.10. The van der Waals surface area contributed by atoms with Gasteiger partial charge in [-0.05, 0) is 52.7 Å². The van der Waals surface area contributed by atoms with Gasteiger partial charge in [0.25, 0.3) is 10.0 Å². The Bertz CT molecular complexity index is 919. The van der Waals surface area contributed by atoms with Gasteiger partial charge >= 0.3 is 0 Å². The van der Waals surface area contributed by atoms with Gasteiger partial charge in [-0.15, -0.1) is 0 Å². The molecule has 7 heteroatoms. The maximum Gasteiger partial charge on any atom is 0.263 e. The summed E-state index contributed by atoms with van der Waals surface area (Å²) in [5, 5.41) is 7.46. The molecule has 3 rings (SSSR count). The number of anilines is 1. The molecule has 0 spiro atoms. The van der Waals surface area contributed by atoms with Crippen LogP contribution in [0.5, 0.6) is 0 Å². The van der Waals surface area contributed by atoms with Gasteiger partial charge in [0.05, 0.1) is 17.4 Å². The molecule has 2 aromatic carbocycles. The molecule has 21 heavy (non-hydrogen) atoms. The minimum absolute atomic E-state index is 0.202. The van der Waals surface area contributed by atoms with Gasteiger partial charge in [-0.25, -0.2) is 8.42 Å². The Hall–Kier alpha value is -1.86. The van der Waals surface area contributed by atoms with E-state index in [4.69, 9.17) is 0 Å². The van der Waals surface area contributed by atoms with Crippen molar-refractivity contribution < 1.29 is 8.42 Å². The monoisotopic (exact) mass is 365 g/mol. The summed E-state index contributed by atoms with van der Waals surface area (Å²) < 4.78 is 28.2. The Labute approximate surface area is 130 Å². The zero-order chi connectivity index (χ0) is 15.0. The number of aromatic nitrogens is 2. The first-order valence-electron chi connectivity index (χ1n) is 6.18. The normalized spacial score (nSPS) is 11.7. The van der Waals surface area contributed by atoms with Crippen LogP contribution in [0.4, 0.5) is 5.69 Å². The molecule has 0 fully saturated rings. The average molecular weight is 366 g/mol. The number of sulfonamides is 1. The van der Waals surface area contributed by atoms with Gasteiger partial charge in [0, 0.05) is 9.86 Å². The van der Waals surface area contributed by atoms with E-state index in [9.17, 15) is 8.42 Å². The van der Waals surface area contributed by atoms with Crippen LogP contribution in [0, 0.1) is 6.92 Å². The highest BCUT2D eigenvalue weighted by Crippen LogP contribution is 2.28. The molecule has 0 aliphatic carbocycles. The smallest absolute Gasteiger partial charge is 0.263 e. The fourth-order valence-corrected chi connectivity index (χ4v) is 4.35. The fraction of sp³-hybridized carbons (Fsp3) is 0.0714. The zero-order valence-corrected chi connectivity index (χ0v) is 13.5. The summed E-state index contributed by atoms with van der Waals surface area (Å²) in [5.41, 5.74) is 2.25. The molecular formula is C14H12BrN3O2S. The molecule has 0 unspecified atom stereocenters. The Kier molecular flexibility index (Phi) is 3.46. The number of hydrogen-bond donors (Lipinski definition) is 2. The Morgan fingerprint density at radius 2 is 2.05 bits per heavy atom. The molecule has 0 bridgehead atoms. The summed E-state index contributed by atoms with van der Waals surface area (Å²) >= 11 is 3.30. The number of aryl methyl sites for hydroxylation is 1. The van der Waals surface area contributed by atoms with Gasteiger partial charge < -0.3 is 0 Å². The van der Waals surface area contributed by atoms with Crippen LogP contribution < -0.4 is 4.72 Å². The second-order valence-corrected chi connectivity index (χ2v) is 7.18. The van der Waals surface area contributed by atoms with Gasteiger partial charge in [-0.1, -0.05) is 12.1 Å². The van der Waals surface area contributed by atoms with Crippen LogP contribution in [-0.2, 0) is 10.0 Å². The molecule has 1 heterocycles. The van der Waals surface area contributed by atoms with E-state index >= 15 is 0 Å². The Balaban J connectivity index is 2.05. The summed E-state index contributed by atoms with van der Waals surface area (Å²) in [5.74, 6) is 0. The largest absolute Gasteiger partial charge is 0.279 e. The van der Waals surface area contributed by atoms with Crippen molar-refractivity contribution in [2.75, 3.05) is 4.72 Å². The van der Waals surface area contributed by atoms with Crippen LogP contribution in [0.3, 0.4) is 0 Å². The molecule has 0 saturated heterocycles. The Morgan fingerprint density at radius 1 is 1.24 bits per heavy atom. The number of hydrogen-bond acceptors (Lipinski definition) is 3. The van der Waals surface area contributed by atoms with Crippen molar-refractivity contribution in [1.29, 1.82) is 0 Å². The predicted octanol–water partition coefficient (Wildman–Crippen LogP) is 3.43. The summed E-state index contributed by atoms with van der Waals surface area (Å²) in [7, 11) is -3.67. The lowest BCUT2D eigenvalue weighted by Gasteiger charge is -2.10. The number of H-pyrrole nitrogens is 1. The van der Waals surface area contributed by atoms with Crippen LogP contribution in [0.1, 0.15) is 5.56 Å². The van der Waals surface area contributed by atoms with Crippen molar-refractivity contribution >= 4 is 42.5 Å². The summed E-state index contributed by atoms with van der Waals surface area (Å²) in [6, 6.07) is 10.4. The molecule has 0 aliphatic rings. The van der Waals surface area contributed by atoms with Crippen molar-refractivity contribution in [1.82, 2.24) is 10.2 Å². The van der Waals surface area contributed by atoms with Gasteiger partial charge in [0.1, 0.15) is 4.90 Å². The second-order valence-electron chi connectivity index (χ2n) is 4.68. The third kappa shape index (κ3) is 2.66. The lowest BCUT2D eigenvalue weighted by molar-refractivity contribution is 0.601. The first kappa shape index (κ1) is 14.1. The lowest BCUT2D eigenvalue weighted by Crippen LogP contribution is -2.13. The third-order valence-electron chi connectivity index (χ3n) is 3.11. The van der Waals surface area contributed by atoms with Crippen LogP contribution in [0.15, 0.2) is 52.0 Å². The number of nitrogens with zero attached hydrogens (tertiary/aromatic N) is 1. The number of halogens is 1. The molecule has 0 radical (unpaired) electrons. The zero-order valence-electron chi connectivity index (χ0n) is 11.1. The van der Waals surface area contributed by atoms with E-state index in [2.05, 4.69) is 30.8 Å². The molecule has 1 aromatic heterocycles. The van der Waals surface area contributed by atoms with Crippen molar-refractivity contribution in [2.45, 2.75) is 11.8 Å². The van der Waals surface area contributed by atoms with Gasteiger partial charge in [0.15, 0.2) is 0 Å². The van der Waals surface area contributed by atoms with Gasteiger partial charge in [-0.3, -0.25) is 9.82 Å². The van der Waals surface area contributed by atoms with Crippen molar-refractivity contribution in [3.8, 4) is 0 Å². The first-order chi connectivity index (χ1) is 9.97. The van der Waals surface area contributed by atoms with Crippen molar-refractivity contribution in [2.24, 2.45) is 0 Å². The molecule has 0 aliphatic heterocycles. The highest BCUT2D eigenvalue weighted by Gasteiger charge is 2.19. The second kappa shape index (κ2) is 5.16. The van der Waals surface area contributed by atoms with Crippen molar-refractivity contribution in [3.63, 3.8) is 0 Å². The Morgan fingerprint density at radius 3 is 2.81 bits per heavy atom. The van der Waals surface area contributed by atoms with E-state index < -0.39 is 10.0 Å². The SMILES string of the molecule is Cc1ccc(S(=O)(=O)Nc2cccc3[nH]ncc23)c(Br)c1. The molecule has 3 aromatic rings. The van der Waals surface area contributed by atoms with Crippen LogP contribution in [0.2, 0.25) is 0 Å². The minimum Gasteiger partial charge on any atom is -0.279 e. The minimum atomic E-state index is -3.67. The van der Waals surface area contributed by atoms with E-state index in [-0.39, 0.29) is 4.90 Å². The standard InChI is InChI=1S/C14H12BrN3O2S/c1-9-5-6-14(11(15)7-9)21(19,20)18-13-4-2-3-12-10(13)8-16-17-12/h2-8,18H,1H3,(H,16,17). The van der Waals surface area contributed by atoms with E-state index in [0.717, 1.165) is 16.5 Å². The predicted molar refractivity (Wildman–Crippen MR) is 85.8 cm³/mol. The topological polar surface area (TPSA) is 74.8 Å². The van der Waals surface area contributed by atoms with Crippen LogP contribution in [-0.4, -0.2) is 18.6 Å². The first-order valence-corrected chi connectivity index (χ1v) is 8.46. The van der Waals surface area contributed by atoms with E-state index in [1.165, 1.54) is 0 Å². The fourth-order valence-electron chi connectivity index (χ4n) is 2.08. The van der Waals surface area contributed by atoms with E-state index in [0.29, 0.717) is 10.2 Å². The molecule has 0 amide bonds. The number of benzene rings is 2. The quantitative estimate of drug-likeness (QED) is 0.746. The molecule has 0 saturated carbocycles. The van der Waals surface area contributed by atoms with Crippen molar-refractivity contribution in [3.05, 3.63) is 52.6 Å². The number of rotatable bonds is 3. The number of fused-ring (bicyclic) bond motifs is 1. The maximum absolute atomic E-state index is 12.5. The van der Waals surface area contributed by atoms with E-state index in [1.807, 2.05) is 13.0 Å². The molecular weight excluding hydrogens is 354 g/mol. The lowest BCUT2D eigenvalue weighted by atomic mass is 10.2. The number of aromatic amines is 1. The van der Waals surface area contributed by atoms with Gasteiger partial charge in [0.2, 0.25) is 0 Å². The van der Waals surface area contributed by atoms with Crippen LogP contribution >= 0.6 is 15.9 Å². The van der Waals surface area contributed by atoms with Gasteiger partial charge in [-0.2, -0.15) is 5.10 Å². The van der Waals surface area contributed by atoms with E-state index in [1.54, 1.807) is 36.5 Å². The molecule has 108 valence electrons. The van der Waals surface area contributed by atoms with Crippen LogP contribution in [0.25, 0.3) is 10.9 Å². The molecule has 0 atom stereocenters. The third-order valence-corrected chi connectivity index (χ3v) is 5.45. The summed E-state index contributed by atoms with van der Waals surface area (Å²) in [4.78, 5) is 0.202. The molecule has 2 N–H and O–H groups in total. The number of nitrogens with one attached hydrogen (secondary N) is 2. The summed E-state index contributed by atoms with van der Waals surface area (Å²) in [6.07, 6.45) is 1.59. The average Bonchev–Trinajstić information content (AvgIpc) is 2.87. The molecule has 5 nitrogen and oxygen atoms in total.